The fourth-order valence-electron chi connectivity index (χ4n) is 5.19. The molecule has 11 nitrogen and oxygen atoms in total. The molecule has 13 heteroatoms. The van der Waals surface area contributed by atoms with Crippen LogP contribution < -0.4 is 15.0 Å². The third-order valence-electron chi connectivity index (χ3n) is 7.14. The van der Waals surface area contributed by atoms with Gasteiger partial charge in [-0.2, -0.15) is 5.10 Å². The number of nitrogens with one attached hydrogen (secondary N) is 1. The fourth-order valence-corrected chi connectivity index (χ4v) is 5.39. The molecule has 1 spiro atoms. The van der Waals surface area contributed by atoms with Crippen LogP contribution in [0, 0.1) is 11.2 Å². The first-order valence-corrected chi connectivity index (χ1v) is 12.8. The van der Waals surface area contributed by atoms with Crippen molar-refractivity contribution in [3.05, 3.63) is 78.7 Å². The molecule has 1 aromatic carbocycles. The van der Waals surface area contributed by atoms with E-state index in [1.165, 1.54) is 30.9 Å². The number of ether oxygens (including phenoxy) is 1. The van der Waals surface area contributed by atoms with E-state index in [2.05, 4.69) is 36.8 Å². The quantitative estimate of drug-likeness (QED) is 0.306. The van der Waals surface area contributed by atoms with Gasteiger partial charge in [-0.05, 0) is 30.3 Å². The molecule has 1 N–H and O–H groups in total. The fraction of sp³-hybridized carbons (Fsp3) is 0.185. The first kappa shape index (κ1) is 24.2. The number of pyridine rings is 2. The van der Waals surface area contributed by atoms with Gasteiger partial charge in [0.2, 0.25) is 5.91 Å². The Morgan fingerprint density at radius 3 is 2.77 bits per heavy atom. The van der Waals surface area contributed by atoms with E-state index < -0.39 is 5.82 Å². The van der Waals surface area contributed by atoms with Gasteiger partial charge in [-0.3, -0.25) is 4.79 Å². The van der Waals surface area contributed by atoms with Gasteiger partial charge < -0.3 is 19.9 Å². The van der Waals surface area contributed by atoms with Crippen molar-refractivity contribution in [1.82, 2.24) is 34.4 Å². The Balaban J connectivity index is 1.10. The number of halogens is 2. The van der Waals surface area contributed by atoms with Crippen LogP contribution in [-0.4, -0.2) is 66.5 Å². The number of amides is 1. The molecule has 4 aromatic heterocycles. The molecule has 0 atom stereocenters. The number of carbonyl (C=O) groups is 1. The van der Waals surface area contributed by atoms with Crippen LogP contribution in [0.2, 0.25) is 5.02 Å². The van der Waals surface area contributed by atoms with E-state index in [-0.39, 0.29) is 27.8 Å². The Kier molecular flexibility index (Phi) is 5.52. The second kappa shape index (κ2) is 9.12. The van der Waals surface area contributed by atoms with Crippen molar-refractivity contribution >= 4 is 51.5 Å². The zero-order valence-corrected chi connectivity index (χ0v) is 21.7. The number of fused-ring (bicyclic) bond motifs is 2. The van der Waals surface area contributed by atoms with Gasteiger partial charge in [0.25, 0.3) is 0 Å². The van der Waals surface area contributed by atoms with Crippen molar-refractivity contribution in [2.24, 2.45) is 5.41 Å². The van der Waals surface area contributed by atoms with E-state index in [0.29, 0.717) is 41.3 Å². The Morgan fingerprint density at radius 1 is 1.10 bits per heavy atom. The largest absolute Gasteiger partial charge is 0.455 e. The van der Waals surface area contributed by atoms with Crippen molar-refractivity contribution in [2.75, 3.05) is 36.4 Å². The summed E-state index contributed by atoms with van der Waals surface area (Å²) in [6, 6.07) is 9.75. The minimum atomic E-state index is -0.584. The highest BCUT2D eigenvalue weighted by atomic mass is 35.5. The minimum absolute atomic E-state index is 0.0407. The number of carbonyl (C=O) groups excluding carboxylic acids is 1. The van der Waals surface area contributed by atoms with Crippen LogP contribution >= 0.6 is 11.6 Å². The summed E-state index contributed by atoms with van der Waals surface area (Å²) in [5.74, 6) is 1.07. The molecule has 0 unspecified atom stereocenters. The summed E-state index contributed by atoms with van der Waals surface area (Å²) < 4.78 is 22.6. The molecule has 0 bridgehead atoms. The molecule has 2 aliphatic heterocycles. The first-order chi connectivity index (χ1) is 19.4. The van der Waals surface area contributed by atoms with Gasteiger partial charge in [0.1, 0.15) is 41.3 Å². The van der Waals surface area contributed by atoms with E-state index >= 15 is 4.39 Å². The summed E-state index contributed by atoms with van der Waals surface area (Å²) in [5, 5.41) is 7.25. The SMILES string of the molecule is C=CC(=O)N1CC2(C1)CN(c1ccc3ncnc(Nc4cc(Cl)c(Oc5ccn6ncnc6c5)cc4F)c3n1)C2. The molecule has 0 radical (unpaired) electrons. The van der Waals surface area contributed by atoms with Crippen molar-refractivity contribution < 1.29 is 13.9 Å². The number of nitrogens with zero attached hydrogens (tertiary/aromatic N) is 8. The van der Waals surface area contributed by atoms with Gasteiger partial charge in [0.05, 0.1) is 16.2 Å². The smallest absolute Gasteiger partial charge is 0.245 e. The molecule has 2 fully saturated rings. The van der Waals surface area contributed by atoms with E-state index in [0.717, 1.165) is 18.9 Å². The van der Waals surface area contributed by atoms with Crippen LogP contribution in [0.15, 0.2) is 67.9 Å². The average molecular weight is 558 g/mol. The Morgan fingerprint density at radius 2 is 1.95 bits per heavy atom. The van der Waals surface area contributed by atoms with Crippen LogP contribution in [0.4, 0.5) is 21.7 Å². The molecule has 2 saturated heterocycles. The monoisotopic (exact) mass is 557 g/mol. The van der Waals surface area contributed by atoms with Crippen LogP contribution in [0.3, 0.4) is 0 Å². The number of anilines is 3. The van der Waals surface area contributed by atoms with Crippen molar-refractivity contribution in [3.63, 3.8) is 0 Å². The van der Waals surface area contributed by atoms with Crippen molar-refractivity contribution in [1.29, 1.82) is 0 Å². The molecule has 200 valence electrons. The van der Waals surface area contributed by atoms with Crippen LogP contribution in [0.25, 0.3) is 16.7 Å². The summed E-state index contributed by atoms with van der Waals surface area (Å²) in [7, 11) is 0. The lowest BCUT2D eigenvalue weighted by molar-refractivity contribution is -0.139. The highest BCUT2D eigenvalue weighted by Crippen LogP contribution is 2.42. The van der Waals surface area contributed by atoms with E-state index in [4.69, 9.17) is 21.3 Å². The second-order valence-corrected chi connectivity index (χ2v) is 10.3. The average Bonchev–Trinajstić information content (AvgIpc) is 3.38. The maximum absolute atomic E-state index is 15.2. The predicted molar refractivity (Wildman–Crippen MR) is 147 cm³/mol. The van der Waals surface area contributed by atoms with E-state index in [1.807, 2.05) is 12.1 Å². The van der Waals surface area contributed by atoms with E-state index in [9.17, 15) is 4.79 Å². The zero-order valence-electron chi connectivity index (χ0n) is 21.0. The first-order valence-electron chi connectivity index (χ1n) is 12.4. The van der Waals surface area contributed by atoms with Gasteiger partial charge in [-0.25, -0.2) is 28.8 Å². The lowest BCUT2D eigenvalue weighted by Gasteiger charge is -2.60. The number of benzene rings is 1. The molecule has 40 heavy (non-hydrogen) atoms. The summed E-state index contributed by atoms with van der Waals surface area (Å²) >= 11 is 6.46. The molecule has 7 rings (SSSR count). The van der Waals surface area contributed by atoms with Crippen LogP contribution in [0.1, 0.15) is 0 Å². The normalized spacial score (nSPS) is 15.7. The van der Waals surface area contributed by atoms with E-state index in [1.54, 1.807) is 27.7 Å². The highest BCUT2D eigenvalue weighted by Gasteiger charge is 2.53. The van der Waals surface area contributed by atoms with Gasteiger partial charge in [-0.15, -0.1) is 0 Å². The highest BCUT2D eigenvalue weighted by molar-refractivity contribution is 6.32. The zero-order chi connectivity index (χ0) is 27.4. The standard InChI is InChI=1S/C27H21ClFN9O2/c1-2-24(39)37-12-27(13-37)10-36(11-27)22-4-3-19-25(35-22)26(32-14-30-19)34-20-8-17(28)21(9-18(20)29)40-16-5-6-38-23(7-16)31-15-33-38/h2-9,14-15H,1,10-13H2,(H,30,32,34). The predicted octanol–water partition coefficient (Wildman–Crippen LogP) is 4.23. The molecule has 5 aromatic rings. The van der Waals surface area contributed by atoms with Crippen LogP contribution in [0.5, 0.6) is 11.5 Å². The molecule has 2 aliphatic rings. The molecular weight excluding hydrogens is 537 g/mol. The number of hydrogen-bond donors (Lipinski definition) is 1. The number of hydrogen-bond acceptors (Lipinski definition) is 9. The number of rotatable bonds is 6. The van der Waals surface area contributed by atoms with Crippen molar-refractivity contribution in [3.8, 4) is 11.5 Å². The molecular formula is C27H21ClFN9O2. The Bertz CT molecular complexity index is 1810. The molecule has 6 heterocycles. The molecule has 0 aliphatic carbocycles. The molecule has 1 amide bonds. The third kappa shape index (κ3) is 4.13. The number of aromatic nitrogens is 6. The van der Waals surface area contributed by atoms with Crippen LogP contribution in [-0.2, 0) is 4.79 Å². The van der Waals surface area contributed by atoms with Crippen molar-refractivity contribution in [2.45, 2.75) is 0 Å². The van der Waals surface area contributed by atoms with Gasteiger partial charge in [0.15, 0.2) is 11.5 Å². The summed E-state index contributed by atoms with van der Waals surface area (Å²) in [4.78, 5) is 33.3. The van der Waals surface area contributed by atoms with Gasteiger partial charge >= 0.3 is 0 Å². The maximum atomic E-state index is 15.2. The molecule has 0 saturated carbocycles. The lowest BCUT2D eigenvalue weighted by Crippen LogP contribution is -2.73. The van der Waals surface area contributed by atoms with Gasteiger partial charge in [0, 0.05) is 49.9 Å². The number of likely N-dealkylation sites (tertiary alicyclic amines) is 1. The summed E-state index contributed by atoms with van der Waals surface area (Å²) in [6.45, 7) is 6.56. The second-order valence-electron chi connectivity index (χ2n) is 9.93. The Hall–Kier alpha value is -4.84. The lowest BCUT2D eigenvalue weighted by atomic mass is 9.73. The Labute approximate surface area is 231 Å². The maximum Gasteiger partial charge on any atom is 0.245 e. The topological polar surface area (TPSA) is 114 Å². The van der Waals surface area contributed by atoms with Gasteiger partial charge in [-0.1, -0.05) is 18.2 Å². The summed E-state index contributed by atoms with van der Waals surface area (Å²) in [5.41, 5.74) is 1.89. The third-order valence-corrected chi connectivity index (χ3v) is 7.43. The summed E-state index contributed by atoms with van der Waals surface area (Å²) in [6.07, 6.45) is 5.85. The minimum Gasteiger partial charge on any atom is -0.455 e.